The molecule has 0 unspecified atom stereocenters. The van der Waals surface area contributed by atoms with E-state index in [0.717, 1.165) is 12.1 Å². The van der Waals surface area contributed by atoms with Crippen molar-refractivity contribution in [1.82, 2.24) is 5.32 Å². The lowest BCUT2D eigenvalue weighted by atomic mass is 10.1. The van der Waals surface area contributed by atoms with Crippen LogP contribution in [0.4, 0.5) is 13.2 Å². The highest BCUT2D eigenvalue weighted by atomic mass is 31.2. The number of nitrogens with one attached hydrogen (secondary N) is 1. The van der Waals surface area contributed by atoms with E-state index in [2.05, 4.69) is 5.32 Å². The van der Waals surface area contributed by atoms with E-state index in [-0.39, 0.29) is 19.6 Å². The average molecular weight is 367 g/mol. The third kappa shape index (κ3) is 5.92. The van der Waals surface area contributed by atoms with Crippen LogP contribution in [0.25, 0.3) is 0 Å². The van der Waals surface area contributed by atoms with Gasteiger partial charge in [-0.15, -0.1) is 0 Å². The van der Waals surface area contributed by atoms with Gasteiger partial charge in [-0.3, -0.25) is 9.36 Å². The lowest BCUT2D eigenvalue weighted by Gasteiger charge is -2.26. The fourth-order valence-corrected chi connectivity index (χ4v) is 4.04. The molecular weight excluding hydrogens is 346 g/mol. The zero-order chi connectivity index (χ0) is 18.4. The lowest BCUT2D eigenvalue weighted by Crippen LogP contribution is -2.36. The summed E-state index contributed by atoms with van der Waals surface area (Å²) < 4.78 is 61.1. The molecule has 1 N–H and O–H groups in total. The van der Waals surface area contributed by atoms with Crippen molar-refractivity contribution in [2.24, 2.45) is 0 Å². The molecule has 1 atom stereocenters. The van der Waals surface area contributed by atoms with E-state index in [1.54, 1.807) is 13.8 Å². The molecule has 0 saturated carbocycles. The van der Waals surface area contributed by atoms with E-state index in [1.807, 2.05) is 0 Å². The van der Waals surface area contributed by atoms with Gasteiger partial charge in [0.1, 0.15) is 5.78 Å². The topological polar surface area (TPSA) is 64.6 Å². The molecule has 0 aliphatic carbocycles. The van der Waals surface area contributed by atoms with Gasteiger partial charge in [-0.1, -0.05) is 12.1 Å². The number of carbonyl (C=O) groups is 1. The van der Waals surface area contributed by atoms with Gasteiger partial charge in [-0.25, -0.2) is 0 Å². The van der Waals surface area contributed by atoms with E-state index >= 15 is 0 Å². The number of hydrogen-bond donors (Lipinski definition) is 1. The molecule has 1 aromatic carbocycles. The van der Waals surface area contributed by atoms with Gasteiger partial charge in [0.05, 0.1) is 18.8 Å². The summed E-state index contributed by atoms with van der Waals surface area (Å²) in [6.45, 7) is 4.74. The third-order valence-corrected chi connectivity index (χ3v) is 5.39. The molecule has 0 radical (unpaired) electrons. The fourth-order valence-electron chi connectivity index (χ4n) is 2.11. The second-order valence-electron chi connectivity index (χ2n) is 4.99. The predicted molar refractivity (Wildman–Crippen MR) is 83.6 cm³/mol. The quantitative estimate of drug-likeness (QED) is 0.706. The summed E-state index contributed by atoms with van der Waals surface area (Å²) >= 11 is 0. The SMILES string of the molecule is CCOP(=O)(OCC)[C@H](Cc1ccc(C(F)(F)F)cc1)NC(C)=O. The molecule has 0 saturated heterocycles. The first kappa shape index (κ1) is 20.7. The molecule has 1 rings (SSSR count). The Morgan fingerprint density at radius 3 is 2.04 bits per heavy atom. The van der Waals surface area contributed by atoms with Crippen LogP contribution in [0, 0.1) is 0 Å². The minimum Gasteiger partial charge on any atom is -0.342 e. The molecule has 0 aliphatic heterocycles. The van der Waals surface area contributed by atoms with Gasteiger partial charge in [-0.2, -0.15) is 13.2 Å². The largest absolute Gasteiger partial charge is 0.416 e. The highest BCUT2D eigenvalue weighted by Gasteiger charge is 2.36. The molecule has 1 aromatic rings. The van der Waals surface area contributed by atoms with Gasteiger partial charge < -0.3 is 14.4 Å². The van der Waals surface area contributed by atoms with Gasteiger partial charge >= 0.3 is 13.8 Å². The standard InChI is InChI=1S/C15H21F3NO4P/c1-4-22-24(21,23-5-2)14(19-11(3)20)10-12-6-8-13(9-7-12)15(16,17)18/h6-9,14H,4-5,10H2,1-3H3,(H,19,20)/t14-/m1/s1. The Balaban J connectivity index is 3.05. The number of amides is 1. The first-order valence-electron chi connectivity index (χ1n) is 7.44. The van der Waals surface area contributed by atoms with Crippen molar-refractivity contribution in [1.29, 1.82) is 0 Å². The van der Waals surface area contributed by atoms with Crippen molar-refractivity contribution in [2.75, 3.05) is 13.2 Å². The molecule has 0 heterocycles. The van der Waals surface area contributed by atoms with Crippen LogP contribution >= 0.6 is 7.60 Å². The van der Waals surface area contributed by atoms with Crippen LogP contribution in [0.2, 0.25) is 0 Å². The first-order chi connectivity index (χ1) is 11.1. The molecule has 24 heavy (non-hydrogen) atoms. The van der Waals surface area contributed by atoms with Crippen molar-refractivity contribution >= 4 is 13.5 Å². The summed E-state index contributed by atoms with van der Waals surface area (Å²) in [5, 5.41) is 2.51. The first-order valence-corrected chi connectivity index (χ1v) is 9.05. The number of halogens is 3. The molecule has 0 aliphatic rings. The lowest BCUT2D eigenvalue weighted by molar-refractivity contribution is -0.137. The molecule has 0 spiro atoms. The van der Waals surface area contributed by atoms with Crippen LogP contribution < -0.4 is 5.32 Å². The normalized spacial score (nSPS) is 13.6. The summed E-state index contributed by atoms with van der Waals surface area (Å²) in [7, 11) is -3.65. The maximum absolute atomic E-state index is 12.8. The summed E-state index contributed by atoms with van der Waals surface area (Å²) in [5.74, 6) is -1.42. The van der Waals surface area contributed by atoms with Crippen LogP contribution in [0.5, 0.6) is 0 Å². The summed E-state index contributed by atoms with van der Waals surface area (Å²) in [5.41, 5.74) is -0.304. The van der Waals surface area contributed by atoms with Crippen LogP contribution in [0.1, 0.15) is 31.9 Å². The second kappa shape index (κ2) is 8.65. The van der Waals surface area contributed by atoms with Crippen LogP contribution in [0.15, 0.2) is 24.3 Å². The maximum Gasteiger partial charge on any atom is 0.416 e. The number of alkyl halides is 3. The van der Waals surface area contributed by atoms with Crippen molar-refractivity contribution in [3.8, 4) is 0 Å². The van der Waals surface area contributed by atoms with Gasteiger partial charge in [0.25, 0.3) is 0 Å². The van der Waals surface area contributed by atoms with E-state index in [4.69, 9.17) is 9.05 Å². The van der Waals surface area contributed by atoms with Crippen LogP contribution in [0.3, 0.4) is 0 Å². The van der Waals surface area contributed by atoms with Gasteiger partial charge in [-0.05, 0) is 31.5 Å². The third-order valence-electron chi connectivity index (χ3n) is 3.08. The maximum atomic E-state index is 12.8. The van der Waals surface area contributed by atoms with Crippen molar-refractivity contribution in [3.05, 3.63) is 35.4 Å². The van der Waals surface area contributed by atoms with Crippen LogP contribution in [-0.2, 0) is 31.0 Å². The minimum atomic E-state index is -4.43. The van der Waals surface area contributed by atoms with Crippen molar-refractivity contribution in [3.63, 3.8) is 0 Å². The number of hydrogen-bond acceptors (Lipinski definition) is 4. The van der Waals surface area contributed by atoms with Crippen molar-refractivity contribution < 1.29 is 31.6 Å². The monoisotopic (exact) mass is 367 g/mol. The Hall–Kier alpha value is -1.37. The van der Waals surface area contributed by atoms with Gasteiger partial charge in [0.15, 0.2) is 0 Å². The molecule has 0 bridgehead atoms. The van der Waals surface area contributed by atoms with Gasteiger partial charge in [0.2, 0.25) is 5.91 Å². The molecule has 136 valence electrons. The molecule has 1 amide bonds. The Kier molecular flexibility index (Phi) is 7.45. The predicted octanol–water partition coefficient (Wildman–Crippen LogP) is 3.98. The van der Waals surface area contributed by atoms with E-state index in [9.17, 15) is 22.5 Å². The van der Waals surface area contributed by atoms with E-state index < -0.39 is 31.0 Å². The fraction of sp³-hybridized carbons (Fsp3) is 0.533. The molecule has 0 aromatic heterocycles. The molecule has 0 fully saturated rings. The molecular formula is C15H21F3NO4P. The number of carbonyl (C=O) groups excluding carboxylic acids is 1. The van der Waals surface area contributed by atoms with Crippen LogP contribution in [-0.4, -0.2) is 24.9 Å². The summed E-state index contributed by atoms with van der Waals surface area (Å²) in [4.78, 5) is 11.4. The van der Waals surface area contributed by atoms with E-state index in [0.29, 0.717) is 5.56 Å². The number of benzene rings is 1. The number of rotatable bonds is 8. The Morgan fingerprint density at radius 2 is 1.67 bits per heavy atom. The zero-order valence-corrected chi connectivity index (χ0v) is 14.6. The van der Waals surface area contributed by atoms with Crippen molar-refractivity contribution in [2.45, 2.75) is 39.2 Å². The molecule has 5 nitrogen and oxygen atoms in total. The molecule has 9 heteroatoms. The zero-order valence-electron chi connectivity index (χ0n) is 13.7. The van der Waals surface area contributed by atoms with E-state index in [1.165, 1.54) is 19.1 Å². The summed E-state index contributed by atoms with van der Waals surface area (Å²) in [6.07, 6.45) is -4.41. The smallest absolute Gasteiger partial charge is 0.342 e. The summed E-state index contributed by atoms with van der Waals surface area (Å²) in [6, 6.07) is 4.43. The van der Waals surface area contributed by atoms with Gasteiger partial charge in [0, 0.05) is 13.3 Å². The Labute approximate surface area is 139 Å². The average Bonchev–Trinajstić information content (AvgIpc) is 2.46. The second-order valence-corrected chi connectivity index (χ2v) is 7.21. The minimum absolute atomic E-state index is 0.0228. The Morgan fingerprint density at radius 1 is 1.17 bits per heavy atom. The highest BCUT2D eigenvalue weighted by molar-refractivity contribution is 7.54. The Bertz CT molecular complexity index is 579. The highest BCUT2D eigenvalue weighted by Crippen LogP contribution is 2.53.